The molecule has 0 amide bonds. The molecule has 0 spiro atoms. The van der Waals surface area contributed by atoms with E-state index < -0.39 is 20.2 Å². The number of nitrogens with one attached hydrogen (secondary N) is 2. The summed E-state index contributed by atoms with van der Waals surface area (Å²) >= 11 is 0. The minimum atomic E-state index is -3.63. The number of hydrogen-bond donors (Lipinski definition) is 2. The number of benzene rings is 1. The van der Waals surface area contributed by atoms with Crippen molar-refractivity contribution >= 4 is 25.9 Å². The SMILES string of the molecule is C[C@@H]1CN(S(=O)(=O)NCc2cccc(NS(C)(=O)=O)c2)C[C@H](C)O1. The summed E-state index contributed by atoms with van der Waals surface area (Å²) in [6.07, 6.45) is 0.739. The van der Waals surface area contributed by atoms with Crippen LogP contribution in [0.1, 0.15) is 19.4 Å². The Labute approximate surface area is 143 Å². The Morgan fingerprint density at radius 3 is 2.38 bits per heavy atom. The molecule has 0 aromatic heterocycles. The topological polar surface area (TPSA) is 105 Å². The van der Waals surface area contributed by atoms with Gasteiger partial charge in [-0.05, 0) is 31.5 Å². The van der Waals surface area contributed by atoms with Crippen molar-refractivity contribution in [2.75, 3.05) is 24.1 Å². The van der Waals surface area contributed by atoms with Gasteiger partial charge in [0.15, 0.2) is 0 Å². The van der Waals surface area contributed by atoms with Gasteiger partial charge in [-0.1, -0.05) is 12.1 Å². The number of anilines is 1. The van der Waals surface area contributed by atoms with E-state index in [-0.39, 0.29) is 18.8 Å². The summed E-state index contributed by atoms with van der Waals surface area (Å²) in [5, 5.41) is 0. The number of nitrogens with zero attached hydrogens (tertiary/aromatic N) is 1. The summed E-state index contributed by atoms with van der Waals surface area (Å²) < 4.78 is 59.1. The number of morpholine rings is 1. The molecule has 8 nitrogen and oxygen atoms in total. The molecule has 1 saturated heterocycles. The van der Waals surface area contributed by atoms with Crippen LogP contribution in [-0.2, 0) is 31.5 Å². The van der Waals surface area contributed by atoms with Crippen molar-refractivity contribution in [2.24, 2.45) is 0 Å². The molecule has 1 aliphatic heterocycles. The first-order chi connectivity index (χ1) is 11.0. The van der Waals surface area contributed by atoms with E-state index in [0.717, 1.165) is 6.26 Å². The first-order valence-electron chi connectivity index (χ1n) is 7.52. The highest BCUT2D eigenvalue weighted by Crippen LogP contribution is 2.15. The number of rotatable bonds is 6. The van der Waals surface area contributed by atoms with Crippen LogP contribution in [-0.4, -0.2) is 52.7 Å². The fraction of sp³-hybridized carbons (Fsp3) is 0.571. The highest BCUT2D eigenvalue weighted by Gasteiger charge is 2.30. The number of ether oxygens (including phenoxy) is 1. The van der Waals surface area contributed by atoms with Crippen LogP contribution in [0.5, 0.6) is 0 Å². The summed E-state index contributed by atoms with van der Waals surface area (Å²) in [6.45, 7) is 4.34. The summed E-state index contributed by atoms with van der Waals surface area (Å²) in [5.41, 5.74) is 1.05. The molecular formula is C14H23N3O5S2. The van der Waals surface area contributed by atoms with Crippen molar-refractivity contribution in [1.82, 2.24) is 9.03 Å². The van der Waals surface area contributed by atoms with Gasteiger partial charge in [0.05, 0.1) is 18.5 Å². The van der Waals surface area contributed by atoms with E-state index in [0.29, 0.717) is 24.3 Å². The Hall–Kier alpha value is -1.20. The quantitative estimate of drug-likeness (QED) is 0.751. The molecular weight excluding hydrogens is 354 g/mol. The number of sulfonamides is 1. The average molecular weight is 377 g/mol. The van der Waals surface area contributed by atoms with Crippen LogP contribution in [0.3, 0.4) is 0 Å². The standard InChI is InChI=1S/C14H23N3O5S2/c1-11-9-17(10-12(2)22-11)24(20,21)15-8-13-5-4-6-14(7-13)16-23(3,18)19/h4-7,11-12,15-16H,8-10H2,1-3H3/t11-,12+. The second kappa shape index (κ2) is 7.36. The second-order valence-electron chi connectivity index (χ2n) is 5.98. The largest absolute Gasteiger partial charge is 0.373 e. The summed E-state index contributed by atoms with van der Waals surface area (Å²) in [7, 11) is -7.01. The monoisotopic (exact) mass is 377 g/mol. The van der Waals surface area contributed by atoms with Crippen LogP contribution in [0, 0.1) is 0 Å². The third kappa shape index (κ3) is 5.71. The van der Waals surface area contributed by atoms with Gasteiger partial charge < -0.3 is 4.74 Å². The highest BCUT2D eigenvalue weighted by molar-refractivity contribution is 7.92. The second-order valence-corrected chi connectivity index (χ2v) is 9.48. The Morgan fingerprint density at radius 1 is 1.17 bits per heavy atom. The van der Waals surface area contributed by atoms with E-state index in [1.165, 1.54) is 4.31 Å². The normalized spacial score (nSPS) is 23.1. The van der Waals surface area contributed by atoms with Gasteiger partial charge in [0, 0.05) is 25.3 Å². The van der Waals surface area contributed by atoms with Crippen LogP contribution in [0.15, 0.2) is 24.3 Å². The first-order valence-corrected chi connectivity index (χ1v) is 10.9. The molecule has 0 unspecified atom stereocenters. The molecule has 0 aliphatic carbocycles. The van der Waals surface area contributed by atoms with Crippen LogP contribution in [0.4, 0.5) is 5.69 Å². The Balaban J connectivity index is 2.03. The molecule has 1 aromatic rings. The Morgan fingerprint density at radius 2 is 1.79 bits per heavy atom. The van der Waals surface area contributed by atoms with E-state index in [1.54, 1.807) is 24.3 Å². The van der Waals surface area contributed by atoms with Crippen molar-refractivity contribution in [1.29, 1.82) is 0 Å². The third-order valence-electron chi connectivity index (χ3n) is 3.41. The zero-order valence-corrected chi connectivity index (χ0v) is 15.5. The lowest BCUT2D eigenvalue weighted by Gasteiger charge is -2.34. The highest BCUT2D eigenvalue weighted by atomic mass is 32.2. The van der Waals surface area contributed by atoms with Crippen molar-refractivity contribution in [3.05, 3.63) is 29.8 Å². The Bertz CT molecular complexity index is 769. The van der Waals surface area contributed by atoms with Gasteiger partial charge in [0.25, 0.3) is 10.2 Å². The maximum Gasteiger partial charge on any atom is 0.279 e. The van der Waals surface area contributed by atoms with E-state index in [4.69, 9.17) is 4.74 Å². The lowest BCUT2D eigenvalue weighted by Crippen LogP contribution is -2.51. The maximum absolute atomic E-state index is 12.4. The van der Waals surface area contributed by atoms with Crippen LogP contribution >= 0.6 is 0 Å². The van der Waals surface area contributed by atoms with E-state index in [9.17, 15) is 16.8 Å². The van der Waals surface area contributed by atoms with Crippen LogP contribution in [0.2, 0.25) is 0 Å². The zero-order chi connectivity index (χ0) is 18.0. The van der Waals surface area contributed by atoms with Crippen LogP contribution < -0.4 is 9.44 Å². The maximum atomic E-state index is 12.4. The molecule has 0 saturated carbocycles. The minimum Gasteiger partial charge on any atom is -0.373 e. The van der Waals surface area contributed by atoms with Gasteiger partial charge in [-0.15, -0.1) is 0 Å². The zero-order valence-electron chi connectivity index (χ0n) is 13.9. The van der Waals surface area contributed by atoms with E-state index >= 15 is 0 Å². The molecule has 0 bridgehead atoms. The van der Waals surface area contributed by atoms with E-state index in [1.807, 2.05) is 13.8 Å². The molecule has 2 N–H and O–H groups in total. The van der Waals surface area contributed by atoms with Gasteiger partial charge >= 0.3 is 0 Å². The predicted molar refractivity (Wildman–Crippen MR) is 92.3 cm³/mol. The predicted octanol–water partition coefficient (Wildman–Crippen LogP) is 0.502. The fourth-order valence-corrected chi connectivity index (χ4v) is 4.45. The molecule has 1 aliphatic rings. The molecule has 1 fully saturated rings. The molecule has 24 heavy (non-hydrogen) atoms. The number of hydrogen-bond acceptors (Lipinski definition) is 5. The molecule has 0 radical (unpaired) electrons. The third-order valence-corrected chi connectivity index (χ3v) is 5.51. The van der Waals surface area contributed by atoms with Gasteiger partial charge in [-0.25, -0.2) is 8.42 Å². The summed E-state index contributed by atoms with van der Waals surface area (Å²) in [4.78, 5) is 0. The molecule has 1 heterocycles. The lowest BCUT2D eigenvalue weighted by molar-refractivity contribution is -0.0444. The van der Waals surface area contributed by atoms with Gasteiger partial charge in [-0.2, -0.15) is 17.4 Å². The van der Waals surface area contributed by atoms with Crippen LogP contribution in [0.25, 0.3) is 0 Å². The lowest BCUT2D eigenvalue weighted by atomic mass is 10.2. The Kier molecular flexibility index (Phi) is 5.87. The van der Waals surface area contributed by atoms with E-state index in [2.05, 4.69) is 9.44 Å². The smallest absolute Gasteiger partial charge is 0.279 e. The van der Waals surface area contributed by atoms with Gasteiger partial charge in [0.2, 0.25) is 10.0 Å². The van der Waals surface area contributed by atoms with Crippen molar-refractivity contribution in [3.63, 3.8) is 0 Å². The van der Waals surface area contributed by atoms with Crippen molar-refractivity contribution in [3.8, 4) is 0 Å². The average Bonchev–Trinajstić information content (AvgIpc) is 2.43. The molecule has 136 valence electrons. The minimum absolute atomic E-state index is 0.0712. The molecule has 1 aromatic carbocycles. The molecule has 2 rings (SSSR count). The van der Waals surface area contributed by atoms with Gasteiger partial charge in [-0.3, -0.25) is 4.72 Å². The van der Waals surface area contributed by atoms with Gasteiger partial charge in [0.1, 0.15) is 0 Å². The van der Waals surface area contributed by atoms with Crippen molar-refractivity contribution in [2.45, 2.75) is 32.6 Å². The fourth-order valence-electron chi connectivity index (χ4n) is 2.55. The molecule has 2 atom stereocenters. The summed E-state index contributed by atoms with van der Waals surface area (Å²) in [6, 6.07) is 6.58. The summed E-state index contributed by atoms with van der Waals surface area (Å²) in [5.74, 6) is 0. The molecule has 10 heteroatoms. The van der Waals surface area contributed by atoms with Crippen molar-refractivity contribution < 1.29 is 21.6 Å². The first kappa shape index (κ1) is 19.1.